The van der Waals surface area contributed by atoms with Crippen LogP contribution in [-0.2, 0) is 4.79 Å². The average Bonchev–Trinajstić information content (AvgIpc) is 2.37. The summed E-state index contributed by atoms with van der Waals surface area (Å²) < 4.78 is 0. The monoisotopic (exact) mass is 269 g/mol. The Kier molecular flexibility index (Phi) is 5.97. The minimum Gasteiger partial charge on any atom is -0.390 e. The van der Waals surface area contributed by atoms with E-state index in [1.54, 1.807) is 0 Å². The normalized spacial score (nSPS) is 13.9. The number of rotatable bonds is 6. The third-order valence-corrected chi connectivity index (χ3v) is 3.26. The number of aliphatic hydroxyl groups excluding tert-OH is 2. The van der Waals surface area contributed by atoms with E-state index in [1.807, 2.05) is 0 Å². The van der Waals surface area contributed by atoms with Crippen LogP contribution in [0.3, 0.4) is 0 Å². The second-order valence-corrected chi connectivity index (χ2v) is 5.04. The van der Waals surface area contributed by atoms with Gasteiger partial charge in [0.05, 0.1) is 6.10 Å². The first-order chi connectivity index (χ1) is 8.56. The first-order valence-corrected chi connectivity index (χ1v) is 6.43. The van der Waals surface area contributed by atoms with E-state index in [2.05, 4.69) is 4.98 Å². The summed E-state index contributed by atoms with van der Waals surface area (Å²) in [7, 11) is 0. The van der Waals surface area contributed by atoms with E-state index >= 15 is 0 Å². The summed E-state index contributed by atoms with van der Waals surface area (Å²) in [4.78, 5) is 25.3. The molecule has 6 heteroatoms. The van der Waals surface area contributed by atoms with Crippen LogP contribution in [0.25, 0.3) is 0 Å². The zero-order valence-corrected chi connectivity index (χ0v) is 10.8. The Morgan fingerprint density at radius 2 is 2.28 bits per heavy atom. The van der Waals surface area contributed by atoms with Gasteiger partial charge >= 0.3 is 0 Å². The lowest BCUT2D eigenvalue weighted by molar-refractivity contribution is -0.109. The zero-order chi connectivity index (χ0) is 13.5. The Morgan fingerprint density at radius 1 is 1.56 bits per heavy atom. The van der Waals surface area contributed by atoms with E-state index in [9.17, 15) is 19.8 Å². The summed E-state index contributed by atoms with van der Waals surface area (Å²) in [6.07, 6.45) is 1.47. The maximum absolute atomic E-state index is 10.8. The minimum absolute atomic E-state index is 0.0355. The highest BCUT2D eigenvalue weighted by Gasteiger charge is 2.21. The van der Waals surface area contributed by atoms with E-state index in [1.165, 1.54) is 25.4 Å². The molecular formula is C12H15NO4S. The molecule has 0 aliphatic carbocycles. The molecule has 1 rings (SSSR count). The Morgan fingerprint density at radius 3 is 2.89 bits per heavy atom. The molecule has 0 radical (unpaired) electrons. The Hall–Kier alpha value is -1.24. The Bertz CT molecular complexity index is 424. The van der Waals surface area contributed by atoms with E-state index < -0.39 is 12.2 Å². The molecule has 2 unspecified atom stereocenters. The van der Waals surface area contributed by atoms with E-state index in [0.717, 1.165) is 11.8 Å². The van der Waals surface area contributed by atoms with Crippen molar-refractivity contribution in [2.45, 2.75) is 25.6 Å². The van der Waals surface area contributed by atoms with Gasteiger partial charge in [-0.05, 0) is 12.5 Å². The fraction of sp³-hybridized carbons (Fsp3) is 0.417. The van der Waals surface area contributed by atoms with Gasteiger partial charge in [0.25, 0.3) is 0 Å². The molecule has 0 saturated carbocycles. The molecule has 0 aliphatic heterocycles. The highest BCUT2D eigenvalue weighted by atomic mass is 32.2. The van der Waals surface area contributed by atoms with Crippen molar-refractivity contribution >= 4 is 23.2 Å². The van der Waals surface area contributed by atoms with Gasteiger partial charge in [-0.3, -0.25) is 14.6 Å². The number of nitrogens with zero attached hydrogens (tertiary/aromatic N) is 1. The van der Waals surface area contributed by atoms with Gasteiger partial charge in [-0.25, -0.2) is 0 Å². The van der Waals surface area contributed by atoms with Crippen molar-refractivity contribution in [2.24, 2.45) is 0 Å². The molecule has 0 bridgehead atoms. The summed E-state index contributed by atoms with van der Waals surface area (Å²) in [5.74, 6) is 0.421. The smallest absolute Gasteiger partial charge is 0.185 e. The van der Waals surface area contributed by atoms with Crippen molar-refractivity contribution in [2.75, 3.05) is 5.75 Å². The largest absolute Gasteiger partial charge is 0.390 e. The average molecular weight is 269 g/mol. The minimum atomic E-state index is -1.17. The highest BCUT2D eigenvalue weighted by Crippen LogP contribution is 2.22. The van der Waals surface area contributed by atoms with Crippen LogP contribution in [0.5, 0.6) is 0 Å². The maximum atomic E-state index is 10.8. The number of aliphatic hydroxyl groups is 2. The van der Waals surface area contributed by atoms with Crippen LogP contribution < -0.4 is 0 Å². The van der Waals surface area contributed by atoms with Crippen molar-refractivity contribution in [3.05, 3.63) is 29.6 Å². The molecule has 0 saturated heterocycles. The first-order valence-electron chi connectivity index (χ1n) is 5.45. The lowest BCUT2D eigenvalue weighted by Gasteiger charge is -2.18. The van der Waals surface area contributed by atoms with Gasteiger partial charge < -0.3 is 10.2 Å². The summed E-state index contributed by atoms with van der Waals surface area (Å²) >= 11 is 1.09. The Labute approximate surface area is 109 Å². The van der Waals surface area contributed by atoms with Crippen LogP contribution in [0.15, 0.2) is 18.5 Å². The van der Waals surface area contributed by atoms with Gasteiger partial charge in [0.2, 0.25) is 0 Å². The number of aromatic nitrogens is 1. The number of pyridine rings is 1. The molecule has 2 atom stereocenters. The van der Waals surface area contributed by atoms with Crippen LogP contribution in [0, 0.1) is 0 Å². The quantitative estimate of drug-likeness (QED) is 0.748. The molecule has 0 fully saturated rings. The summed E-state index contributed by atoms with van der Waals surface area (Å²) in [5, 5.41) is 19.7. The van der Waals surface area contributed by atoms with Gasteiger partial charge in [-0.2, -0.15) is 0 Å². The third-order valence-electron chi connectivity index (χ3n) is 2.42. The van der Waals surface area contributed by atoms with Crippen molar-refractivity contribution < 1.29 is 19.8 Å². The van der Waals surface area contributed by atoms with Gasteiger partial charge in [0.1, 0.15) is 6.10 Å². The Balaban J connectivity index is 2.65. The van der Waals surface area contributed by atoms with Crippen molar-refractivity contribution in [1.82, 2.24) is 4.98 Å². The van der Waals surface area contributed by atoms with Gasteiger partial charge in [-0.1, -0.05) is 11.8 Å². The molecule has 1 heterocycles. The fourth-order valence-electron chi connectivity index (χ4n) is 1.46. The van der Waals surface area contributed by atoms with Gasteiger partial charge in [0.15, 0.2) is 11.4 Å². The van der Waals surface area contributed by atoms with Crippen molar-refractivity contribution in [3.63, 3.8) is 0 Å². The molecule has 0 aromatic carbocycles. The predicted octanol–water partition coefficient (Wildman–Crippen LogP) is 0.958. The standard InChI is InChI=1S/C12H15NO4S/c1-8(15)18-5-3-11(16)12(17)10-6-13-4-2-9(10)7-14/h2,4,6-7,11-12,16-17H,3,5H2,1H3. The summed E-state index contributed by atoms with van der Waals surface area (Å²) in [5.41, 5.74) is 0.601. The molecule has 2 N–H and O–H groups in total. The van der Waals surface area contributed by atoms with E-state index in [-0.39, 0.29) is 11.5 Å². The number of carbonyl (C=O) groups excluding carboxylic acids is 2. The molecule has 0 amide bonds. The second kappa shape index (κ2) is 7.25. The SMILES string of the molecule is CC(=O)SCCC(O)C(O)c1cnccc1C=O. The number of aldehydes is 1. The van der Waals surface area contributed by atoms with Gasteiger partial charge in [-0.15, -0.1) is 0 Å². The van der Waals surface area contributed by atoms with Crippen molar-refractivity contribution in [3.8, 4) is 0 Å². The highest BCUT2D eigenvalue weighted by molar-refractivity contribution is 8.13. The molecule has 1 aromatic heterocycles. The predicted molar refractivity (Wildman–Crippen MR) is 68.3 cm³/mol. The van der Waals surface area contributed by atoms with Crippen LogP contribution in [0.2, 0.25) is 0 Å². The molecule has 1 aromatic rings. The third kappa shape index (κ3) is 4.21. The number of carbonyl (C=O) groups is 2. The van der Waals surface area contributed by atoms with Crippen LogP contribution in [0.1, 0.15) is 35.4 Å². The van der Waals surface area contributed by atoms with Crippen LogP contribution in [-0.4, -0.2) is 38.5 Å². The molecule has 0 aliphatic rings. The molecular weight excluding hydrogens is 254 g/mol. The summed E-state index contributed by atoms with van der Waals surface area (Å²) in [6.45, 7) is 1.44. The number of hydrogen-bond donors (Lipinski definition) is 2. The van der Waals surface area contributed by atoms with Crippen LogP contribution >= 0.6 is 11.8 Å². The second-order valence-electron chi connectivity index (χ2n) is 3.76. The lowest BCUT2D eigenvalue weighted by Crippen LogP contribution is -2.20. The van der Waals surface area contributed by atoms with E-state index in [4.69, 9.17) is 0 Å². The zero-order valence-electron chi connectivity index (χ0n) is 9.94. The van der Waals surface area contributed by atoms with E-state index in [0.29, 0.717) is 23.2 Å². The van der Waals surface area contributed by atoms with Crippen LogP contribution in [0.4, 0.5) is 0 Å². The molecule has 5 nitrogen and oxygen atoms in total. The number of hydrogen-bond acceptors (Lipinski definition) is 6. The summed E-state index contributed by atoms with van der Waals surface area (Å²) in [6, 6.07) is 1.47. The topological polar surface area (TPSA) is 87.5 Å². The molecule has 98 valence electrons. The molecule has 18 heavy (non-hydrogen) atoms. The van der Waals surface area contributed by atoms with Crippen molar-refractivity contribution in [1.29, 1.82) is 0 Å². The maximum Gasteiger partial charge on any atom is 0.185 e. The number of thioether (sulfide) groups is 1. The lowest BCUT2D eigenvalue weighted by atomic mass is 10.0. The molecule has 0 spiro atoms. The fourth-order valence-corrected chi connectivity index (χ4v) is 2.11. The van der Waals surface area contributed by atoms with Gasteiger partial charge in [0, 0.05) is 36.2 Å². The first kappa shape index (κ1) is 14.8.